The maximum Gasteiger partial charge on any atom is 0.308 e. The third-order valence-electron chi connectivity index (χ3n) is 3.83. The van der Waals surface area contributed by atoms with Crippen molar-refractivity contribution in [3.8, 4) is 11.5 Å². The molecule has 0 aromatic heterocycles. The van der Waals surface area contributed by atoms with Crippen LogP contribution in [0.15, 0.2) is 12.1 Å². The van der Waals surface area contributed by atoms with Crippen molar-refractivity contribution < 1.29 is 28.9 Å². The van der Waals surface area contributed by atoms with Crippen LogP contribution >= 0.6 is 0 Å². The molecule has 132 valence electrons. The van der Waals surface area contributed by atoms with Gasteiger partial charge in [0.2, 0.25) is 0 Å². The molecule has 1 aromatic rings. The maximum atomic E-state index is 12.8. The largest absolute Gasteiger partial charge is 0.493 e. The monoisotopic (exact) mass is 338 g/mol. The molecule has 2 rings (SSSR count). The summed E-state index contributed by atoms with van der Waals surface area (Å²) < 4.78 is 15.3. The average Bonchev–Trinajstić information content (AvgIpc) is 2.87. The van der Waals surface area contributed by atoms with Gasteiger partial charge in [0, 0.05) is 32.3 Å². The lowest BCUT2D eigenvalue weighted by molar-refractivity contribution is -0.132. The van der Waals surface area contributed by atoms with E-state index in [0.717, 1.165) is 0 Å². The van der Waals surface area contributed by atoms with Gasteiger partial charge in [0.05, 0.1) is 31.4 Å². The standard InChI is InChI=1S/C16H22N2O6/c1-9(19)24-15-6-13(17)12(5-14(15)23-3)16(21)18-7-11(20)4-10(18)8-22-2/h5-6,10-11,20H,4,7-8,17H2,1-3H3/t10-,11-/m1/s1. The van der Waals surface area contributed by atoms with Gasteiger partial charge in [0.25, 0.3) is 5.91 Å². The molecule has 1 aliphatic rings. The van der Waals surface area contributed by atoms with Crippen LogP contribution in [0.4, 0.5) is 5.69 Å². The molecular weight excluding hydrogens is 316 g/mol. The van der Waals surface area contributed by atoms with E-state index in [2.05, 4.69) is 0 Å². The zero-order valence-corrected chi connectivity index (χ0v) is 13.9. The molecule has 0 radical (unpaired) electrons. The Bertz CT molecular complexity index is 633. The molecule has 0 saturated carbocycles. The molecule has 1 amide bonds. The van der Waals surface area contributed by atoms with Crippen molar-refractivity contribution in [3.63, 3.8) is 0 Å². The topological polar surface area (TPSA) is 111 Å². The Morgan fingerprint density at radius 3 is 2.62 bits per heavy atom. The zero-order chi connectivity index (χ0) is 17.9. The van der Waals surface area contributed by atoms with E-state index in [0.29, 0.717) is 13.0 Å². The van der Waals surface area contributed by atoms with E-state index < -0.39 is 12.1 Å². The van der Waals surface area contributed by atoms with Crippen molar-refractivity contribution >= 4 is 17.6 Å². The third-order valence-corrected chi connectivity index (χ3v) is 3.83. The summed E-state index contributed by atoms with van der Waals surface area (Å²) in [5.41, 5.74) is 6.34. The molecule has 0 spiro atoms. The van der Waals surface area contributed by atoms with Gasteiger partial charge in [0.15, 0.2) is 11.5 Å². The van der Waals surface area contributed by atoms with E-state index in [1.165, 1.54) is 31.1 Å². The normalized spacial score (nSPS) is 20.1. The summed E-state index contributed by atoms with van der Waals surface area (Å²) in [6, 6.07) is 2.59. The number of aliphatic hydroxyl groups is 1. The second kappa shape index (κ2) is 7.50. The van der Waals surface area contributed by atoms with Crippen LogP contribution in [0.25, 0.3) is 0 Å². The number of benzene rings is 1. The number of nitrogens with two attached hydrogens (primary N) is 1. The first kappa shape index (κ1) is 18.0. The molecule has 1 saturated heterocycles. The van der Waals surface area contributed by atoms with E-state index in [-0.39, 0.29) is 41.2 Å². The van der Waals surface area contributed by atoms with Gasteiger partial charge < -0.3 is 30.0 Å². The number of esters is 1. The highest BCUT2D eigenvalue weighted by molar-refractivity contribution is 6.00. The maximum absolute atomic E-state index is 12.8. The second-order valence-corrected chi connectivity index (χ2v) is 5.64. The number of nitrogen functional groups attached to an aromatic ring is 1. The van der Waals surface area contributed by atoms with Gasteiger partial charge in [-0.05, 0) is 12.5 Å². The van der Waals surface area contributed by atoms with Crippen LogP contribution in [0.1, 0.15) is 23.7 Å². The third kappa shape index (κ3) is 3.77. The summed E-state index contributed by atoms with van der Waals surface area (Å²) in [5.74, 6) is -0.479. The lowest BCUT2D eigenvalue weighted by Gasteiger charge is -2.24. The second-order valence-electron chi connectivity index (χ2n) is 5.64. The Morgan fingerprint density at radius 2 is 2.04 bits per heavy atom. The minimum Gasteiger partial charge on any atom is -0.493 e. The number of amides is 1. The van der Waals surface area contributed by atoms with E-state index in [1.54, 1.807) is 7.11 Å². The number of carbonyl (C=O) groups excluding carboxylic acids is 2. The summed E-state index contributed by atoms with van der Waals surface area (Å²) >= 11 is 0. The zero-order valence-electron chi connectivity index (χ0n) is 13.9. The highest BCUT2D eigenvalue weighted by Crippen LogP contribution is 2.34. The molecule has 0 bridgehead atoms. The van der Waals surface area contributed by atoms with Crippen molar-refractivity contribution in [2.75, 3.05) is 33.1 Å². The van der Waals surface area contributed by atoms with Crippen LogP contribution < -0.4 is 15.2 Å². The lowest BCUT2D eigenvalue weighted by Crippen LogP contribution is -2.38. The Labute approximate surface area is 140 Å². The number of ether oxygens (including phenoxy) is 3. The minimum absolute atomic E-state index is 0.147. The van der Waals surface area contributed by atoms with Crippen LogP contribution in [0.5, 0.6) is 11.5 Å². The van der Waals surface area contributed by atoms with Gasteiger partial charge >= 0.3 is 5.97 Å². The van der Waals surface area contributed by atoms with E-state index >= 15 is 0 Å². The van der Waals surface area contributed by atoms with Crippen molar-refractivity contribution in [2.45, 2.75) is 25.5 Å². The van der Waals surface area contributed by atoms with Gasteiger partial charge in [-0.2, -0.15) is 0 Å². The summed E-state index contributed by atoms with van der Waals surface area (Å²) in [6.07, 6.45) is -0.153. The number of β-amino-alcohol motifs (C(OH)–C–C–N with tert-alkyl or cyclic N) is 1. The molecule has 0 aliphatic carbocycles. The Balaban J connectivity index is 2.33. The molecule has 1 aromatic carbocycles. The summed E-state index contributed by atoms with van der Waals surface area (Å²) in [6.45, 7) is 1.79. The first-order valence-corrected chi connectivity index (χ1v) is 7.51. The van der Waals surface area contributed by atoms with Gasteiger partial charge in [0.1, 0.15) is 0 Å². The van der Waals surface area contributed by atoms with E-state index in [1.807, 2.05) is 0 Å². The fourth-order valence-electron chi connectivity index (χ4n) is 2.80. The molecule has 24 heavy (non-hydrogen) atoms. The van der Waals surface area contributed by atoms with Crippen molar-refractivity contribution in [1.82, 2.24) is 4.90 Å². The van der Waals surface area contributed by atoms with Crippen LogP contribution in [-0.2, 0) is 9.53 Å². The summed E-state index contributed by atoms with van der Waals surface area (Å²) in [7, 11) is 2.94. The van der Waals surface area contributed by atoms with Crippen LogP contribution in [0.3, 0.4) is 0 Å². The fraction of sp³-hybridized carbons (Fsp3) is 0.500. The Hall–Kier alpha value is -2.32. The molecule has 0 unspecified atom stereocenters. The van der Waals surface area contributed by atoms with Gasteiger partial charge in [-0.3, -0.25) is 9.59 Å². The number of anilines is 1. The number of hydrogen-bond donors (Lipinski definition) is 2. The van der Waals surface area contributed by atoms with Gasteiger partial charge in [-0.25, -0.2) is 0 Å². The van der Waals surface area contributed by atoms with Gasteiger partial charge in [-0.15, -0.1) is 0 Å². The van der Waals surface area contributed by atoms with Crippen molar-refractivity contribution in [1.29, 1.82) is 0 Å². The summed E-state index contributed by atoms with van der Waals surface area (Å²) in [5, 5.41) is 9.84. The molecule has 1 fully saturated rings. The van der Waals surface area contributed by atoms with Crippen LogP contribution in [-0.4, -0.2) is 61.4 Å². The predicted octanol–water partition coefficient (Wildman–Crippen LogP) is 0.424. The van der Waals surface area contributed by atoms with E-state index in [4.69, 9.17) is 19.9 Å². The summed E-state index contributed by atoms with van der Waals surface area (Å²) in [4.78, 5) is 25.5. The van der Waals surface area contributed by atoms with Crippen LogP contribution in [0.2, 0.25) is 0 Å². The number of hydrogen-bond acceptors (Lipinski definition) is 7. The molecule has 8 nitrogen and oxygen atoms in total. The smallest absolute Gasteiger partial charge is 0.308 e. The van der Waals surface area contributed by atoms with E-state index in [9.17, 15) is 14.7 Å². The number of likely N-dealkylation sites (tertiary alicyclic amines) is 1. The van der Waals surface area contributed by atoms with Crippen LogP contribution in [0, 0.1) is 0 Å². The molecule has 2 atom stereocenters. The minimum atomic E-state index is -0.600. The number of aliphatic hydroxyl groups excluding tert-OH is 1. The molecule has 1 aliphatic heterocycles. The predicted molar refractivity (Wildman–Crippen MR) is 86.0 cm³/mol. The Morgan fingerprint density at radius 1 is 1.33 bits per heavy atom. The Kier molecular flexibility index (Phi) is 5.63. The first-order chi connectivity index (χ1) is 11.4. The molecule has 3 N–H and O–H groups in total. The number of nitrogens with zero attached hydrogens (tertiary/aromatic N) is 1. The SMILES string of the molecule is COC[C@H]1C[C@@H](O)CN1C(=O)c1cc(OC)c(OC(C)=O)cc1N. The quantitative estimate of drug-likeness (QED) is 0.455. The van der Waals surface area contributed by atoms with Crippen molar-refractivity contribution in [3.05, 3.63) is 17.7 Å². The average molecular weight is 338 g/mol. The molecule has 8 heteroatoms. The highest BCUT2D eigenvalue weighted by Gasteiger charge is 2.35. The highest BCUT2D eigenvalue weighted by atomic mass is 16.6. The molecule has 1 heterocycles. The van der Waals surface area contributed by atoms with Gasteiger partial charge in [-0.1, -0.05) is 0 Å². The first-order valence-electron chi connectivity index (χ1n) is 7.51. The van der Waals surface area contributed by atoms with Crippen molar-refractivity contribution in [2.24, 2.45) is 0 Å². The number of rotatable bonds is 5. The molecular formula is C16H22N2O6. The lowest BCUT2D eigenvalue weighted by atomic mass is 10.1. The fourth-order valence-corrected chi connectivity index (χ4v) is 2.80. The number of methoxy groups -OCH3 is 2. The number of carbonyl (C=O) groups is 2.